The van der Waals surface area contributed by atoms with Crippen LogP contribution in [0.4, 0.5) is 9.52 Å². The van der Waals surface area contributed by atoms with Crippen LogP contribution in [0.25, 0.3) is 10.2 Å². The topological polar surface area (TPSA) is 51.2 Å². The molecule has 1 N–H and O–H groups in total. The number of carbonyl (C=O) groups excluding carboxylic acids is 1. The standard InChI is InChI=1S/C21H21FN2O2S/c1-12-6-9-17(26-2)15(10-12)20(25)13-7-8-14(11-13)23-21-24-19-16(22)4-3-5-18(19)27-21/h3-6,9-10,13-14H,7-8,11H2,1-2H3,(H,23,24)/t13?,14-/m1/s1. The van der Waals surface area contributed by atoms with Gasteiger partial charge in [-0.05, 0) is 50.5 Å². The highest BCUT2D eigenvalue weighted by Crippen LogP contribution is 2.35. The number of ether oxygens (including phenoxy) is 1. The van der Waals surface area contributed by atoms with Crippen LogP contribution in [0.5, 0.6) is 5.75 Å². The van der Waals surface area contributed by atoms with Gasteiger partial charge in [0.25, 0.3) is 0 Å². The lowest BCUT2D eigenvalue weighted by Crippen LogP contribution is -2.18. The second-order valence-electron chi connectivity index (χ2n) is 7.02. The van der Waals surface area contributed by atoms with Gasteiger partial charge in [0, 0.05) is 12.0 Å². The molecule has 0 amide bonds. The van der Waals surface area contributed by atoms with Gasteiger partial charge in [-0.15, -0.1) is 0 Å². The van der Waals surface area contributed by atoms with Crippen molar-refractivity contribution in [1.29, 1.82) is 0 Å². The minimum atomic E-state index is -0.303. The van der Waals surface area contributed by atoms with E-state index in [-0.39, 0.29) is 23.6 Å². The number of aromatic nitrogens is 1. The normalized spacial score (nSPS) is 19.4. The highest BCUT2D eigenvalue weighted by molar-refractivity contribution is 7.22. The van der Waals surface area contributed by atoms with Crippen molar-refractivity contribution in [2.24, 2.45) is 5.92 Å². The lowest BCUT2D eigenvalue weighted by Gasteiger charge is -2.14. The van der Waals surface area contributed by atoms with Crippen LogP contribution in [0.3, 0.4) is 0 Å². The fraction of sp³-hybridized carbons (Fsp3) is 0.333. The summed E-state index contributed by atoms with van der Waals surface area (Å²) in [4.78, 5) is 17.4. The quantitative estimate of drug-likeness (QED) is 0.613. The van der Waals surface area contributed by atoms with E-state index in [1.165, 1.54) is 17.4 Å². The molecule has 1 aliphatic rings. The predicted molar refractivity (Wildman–Crippen MR) is 106 cm³/mol. The fourth-order valence-corrected chi connectivity index (χ4v) is 4.69. The van der Waals surface area contributed by atoms with E-state index in [4.69, 9.17) is 4.74 Å². The maximum absolute atomic E-state index is 13.8. The number of methoxy groups -OCH3 is 1. The molecule has 2 atom stereocenters. The van der Waals surface area contributed by atoms with Crippen molar-refractivity contribution < 1.29 is 13.9 Å². The lowest BCUT2D eigenvalue weighted by molar-refractivity contribution is 0.0919. The van der Waals surface area contributed by atoms with Crippen molar-refractivity contribution in [3.05, 3.63) is 53.3 Å². The molecule has 1 saturated carbocycles. The molecular formula is C21H21FN2O2S. The van der Waals surface area contributed by atoms with Crippen LogP contribution in [-0.2, 0) is 0 Å². The first-order chi connectivity index (χ1) is 13.0. The molecule has 3 aromatic rings. The molecule has 4 rings (SSSR count). The molecule has 0 spiro atoms. The van der Waals surface area contributed by atoms with Gasteiger partial charge in [-0.3, -0.25) is 4.79 Å². The number of fused-ring (bicyclic) bond motifs is 1. The Morgan fingerprint density at radius 2 is 2.15 bits per heavy atom. The van der Waals surface area contributed by atoms with E-state index in [9.17, 15) is 9.18 Å². The molecule has 1 aromatic heterocycles. The number of para-hydroxylation sites is 1. The van der Waals surface area contributed by atoms with Gasteiger partial charge in [0.1, 0.15) is 17.1 Å². The van der Waals surface area contributed by atoms with Crippen LogP contribution < -0.4 is 10.1 Å². The monoisotopic (exact) mass is 384 g/mol. The summed E-state index contributed by atoms with van der Waals surface area (Å²) in [5, 5.41) is 4.10. The van der Waals surface area contributed by atoms with Crippen molar-refractivity contribution in [2.75, 3.05) is 12.4 Å². The Kier molecular flexibility index (Phi) is 4.83. The van der Waals surface area contributed by atoms with Crippen molar-refractivity contribution in [3.63, 3.8) is 0 Å². The molecule has 27 heavy (non-hydrogen) atoms. The molecular weight excluding hydrogens is 363 g/mol. The Labute approximate surface area is 161 Å². The number of hydrogen-bond acceptors (Lipinski definition) is 5. The molecule has 2 aromatic carbocycles. The van der Waals surface area contributed by atoms with Crippen LogP contribution in [-0.4, -0.2) is 23.9 Å². The third kappa shape index (κ3) is 3.54. The molecule has 1 unspecified atom stereocenters. The minimum Gasteiger partial charge on any atom is -0.496 e. The van der Waals surface area contributed by atoms with Gasteiger partial charge in [-0.1, -0.05) is 29.0 Å². The number of nitrogens with one attached hydrogen (secondary N) is 1. The number of anilines is 1. The summed E-state index contributed by atoms with van der Waals surface area (Å²) < 4.78 is 20.0. The molecule has 0 saturated heterocycles. The van der Waals surface area contributed by atoms with E-state index >= 15 is 0 Å². The lowest BCUT2D eigenvalue weighted by atomic mass is 9.94. The highest BCUT2D eigenvalue weighted by atomic mass is 32.1. The molecule has 4 nitrogen and oxygen atoms in total. The Morgan fingerprint density at radius 1 is 1.30 bits per heavy atom. The Hall–Kier alpha value is -2.47. The zero-order chi connectivity index (χ0) is 19.0. The third-order valence-corrected chi connectivity index (χ3v) is 6.07. The van der Waals surface area contributed by atoms with Crippen LogP contribution in [0.1, 0.15) is 35.2 Å². The Morgan fingerprint density at radius 3 is 2.93 bits per heavy atom. The largest absolute Gasteiger partial charge is 0.496 e. The second-order valence-corrected chi connectivity index (χ2v) is 8.06. The number of carbonyl (C=O) groups is 1. The van der Waals surface area contributed by atoms with E-state index in [1.807, 2.05) is 31.2 Å². The fourth-order valence-electron chi connectivity index (χ4n) is 3.74. The Balaban J connectivity index is 1.47. The second kappa shape index (κ2) is 7.27. The summed E-state index contributed by atoms with van der Waals surface area (Å²) in [5.74, 6) is 0.422. The number of rotatable bonds is 5. The average Bonchev–Trinajstić information content (AvgIpc) is 3.29. The summed E-state index contributed by atoms with van der Waals surface area (Å²) in [6, 6.07) is 10.8. The maximum atomic E-state index is 13.8. The number of nitrogens with zero attached hydrogens (tertiary/aromatic N) is 1. The molecule has 140 valence electrons. The number of ketones is 1. The zero-order valence-electron chi connectivity index (χ0n) is 15.3. The smallest absolute Gasteiger partial charge is 0.184 e. The SMILES string of the molecule is COc1ccc(C)cc1C(=O)C1CC[C@@H](Nc2nc3c(F)cccc3s2)C1. The number of thiazole rings is 1. The summed E-state index contributed by atoms with van der Waals surface area (Å²) in [5.41, 5.74) is 2.11. The van der Waals surface area contributed by atoms with Gasteiger partial charge in [0.2, 0.25) is 0 Å². The van der Waals surface area contributed by atoms with Gasteiger partial charge >= 0.3 is 0 Å². The first-order valence-corrected chi connectivity index (χ1v) is 9.87. The van der Waals surface area contributed by atoms with Crippen LogP contribution in [0, 0.1) is 18.7 Å². The molecule has 0 bridgehead atoms. The molecule has 1 aliphatic carbocycles. The highest BCUT2D eigenvalue weighted by Gasteiger charge is 2.32. The molecule has 0 aliphatic heterocycles. The van der Waals surface area contributed by atoms with E-state index < -0.39 is 0 Å². The summed E-state index contributed by atoms with van der Waals surface area (Å²) in [6.45, 7) is 1.97. The number of hydrogen-bond donors (Lipinski definition) is 1. The third-order valence-electron chi connectivity index (χ3n) is 5.12. The number of aryl methyl sites for hydroxylation is 1. The van der Waals surface area contributed by atoms with Crippen LogP contribution in [0.15, 0.2) is 36.4 Å². The van der Waals surface area contributed by atoms with Gasteiger partial charge in [0.15, 0.2) is 10.9 Å². The molecule has 1 heterocycles. The van der Waals surface area contributed by atoms with Crippen molar-refractivity contribution in [2.45, 2.75) is 32.2 Å². The summed E-state index contributed by atoms with van der Waals surface area (Å²) in [6.07, 6.45) is 2.46. The van der Waals surface area contributed by atoms with E-state index in [0.717, 1.165) is 29.5 Å². The predicted octanol–water partition coefficient (Wildman–Crippen LogP) is 5.22. The van der Waals surface area contributed by atoms with Gasteiger partial charge in [0.05, 0.1) is 17.4 Å². The molecule has 1 fully saturated rings. The van der Waals surface area contributed by atoms with E-state index in [1.54, 1.807) is 13.2 Å². The van der Waals surface area contributed by atoms with Crippen LogP contribution in [0.2, 0.25) is 0 Å². The minimum absolute atomic E-state index is 0.0377. The van der Waals surface area contributed by atoms with Crippen molar-refractivity contribution in [3.8, 4) is 5.75 Å². The molecule has 0 radical (unpaired) electrons. The van der Waals surface area contributed by atoms with E-state index in [2.05, 4.69) is 10.3 Å². The summed E-state index contributed by atoms with van der Waals surface area (Å²) >= 11 is 1.45. The summed E-state index contributed by atoms with van der Waals surface area (Å²) in [7, 11) is 1.59. The molecule has 6 heteroatoms. The van der Waals surface area contributed by atoms with Gasteiger partial charge in [-0.25, -0.2) is 9.37 Å². The van der Waals surface area contributed by atoms with E-state index in [0.29, 0.717) is 22.0 Å². The number of benzene rings is 2. The zero-order valence-corrected chi connectivity index (χ0v) is 16.1. The van der Waals surface area contributed by atoms with Crippen molar-refractivity contribution in [1.82, 2.24) is 4.98 Å². The number of halogens is 1. The van der Waals surface area contributed by atoms with Crippen molar-refractivity contribution >= 4 is 32.5 Å². The maximum Gasteiger partial charge on any atom is 0.184 e. The Bertz CT molecular complexity index is 1000. The van der Waals surface area contributed by atoms with Gasteiger partial charge in [-0.2, -0.15) is 0 Å². The number of Topliss-reactive ketones (excluding diaryl/α,β-unsaturated/α-hetero) is 1. The van der Waals surface area contributed by atoms with Crippen LogP contribution >= 0.6 is 11.3 Å². The average molecular weight is 384 g/mol. The van der Waals surface area contributed by atoms with Gasteiger partial charge < -0.3 is 10.1 Å². The first-order valence-electron chi connectivity index (χ1n) is 9.05. The first kappa shape index (κ1) is 17.9.